The molecule has 2 saturated heterocycles. The molecular formula is C8H10N3NaO6S. The topological polar surface area (TPSA) is 133 Å². The van der Waals surface area contributed by atoms with Crippen LogP contribution in [0.2, 0.25) is 0 Å². The van der Waals surface area contributed by atoms with Crippen molar-refractivity contribution < 1.29 is 56.4 Å². The number of nitrogens with zero attached hydrogens (tertiary/aromatic N) is 2. The summed E-state index contributed by atoms with van der Waals surface area (Å²) in [5, 5.41) is 0.565. The Morgan fingerprint density at radius 1 is 1.42 bits per heavy atom. The number of hydrogen-bond acceptors (Lipinski definition) is 6. The van der Waals surface area contributed by atoms with Crippen LogP contribution in [0.3, 0.4) is 0 Å². The standard InChI is InChI=1S/C8H11N3O6S.Na/c9-7(12)6-4-1-3(4)5-2-10(6)8(13)11(5)17-18(14,15)16;/h3-6H,1-2H2,(H2,9,12)(H,14,15,16);/q;+1/p-1/t3-,4+,5-,6-;/m0./s1. The Morgan fingerprint density at radius 2 is 2.05 bits per heavy atom. The maximum Gasteiger partial charge on any atom is 1.00 e. The van der Waals surface area contributed by atoms with E-state index in [9.17, 15) is 22.6 Å². The average Bonchev–Trinajstić information content (AvgIpc) is 2.95. The molecule has 0 unspecified atom stereocenters. The molecule has 19 heavy (non-hydrogen) atoms. The molecule has 3 amide bonds. The molecule has 1 saturated carbocycles. The third-order valence-electron chi connectivity index (χ3n) is 3.71. The zero-order valence-electron chi connectivity index (χ0n) is 10.1. The molecule has 11 heteroatoms. The van der Waals surface area contributed by atoms with Gasteiger partial charge in [-0.2, -0.15) is 9.35 Å². The Morgan fingerprint density at radius 3 is 2.58 bits per heavy atom. The summed E-state index contributed by atoms with van der Waals surface area (Å²) in [6.45, 7) is 0.156. The predicted molar refractivity (Wildman–Crippen MR) is 53.1 cm³/mol. The Labute approximate surface area is 131 Å². The van der Waals surface area contributed by atoms with Crippen molar-refractivity contribution in [3.8, 4) is 0 Å². The van der Waals surface area contributed by atoms with E-state index in [0.29, 0.717) is 11.5 Å². The van der Waals surface area contributed by atoms with Crippen molar-refractivity contribution in [2.24, 2.45) is 17.6 Å². The summed E-state index contributed by atoms with van der Waals surface area (Å²) in [6.07, 6.45) is 0.667. The number of carbonyl (C=O) groups is 2. The van der Waals surface area contributed by atoms with Crippen LogP contribution in [-0.2, 0) is 19.5 Å². The van der Waals surface area contributed by atoms with Crippen LogP contribution in [0, 0.1) is 11.8 Å². The van der Waals surface area contributed by atoms with Crippen LogP contribution in [0.1, 0.15) is 6.42 Å². The van der Waals surface area contributed by atoms with Crippen LogP contribution in [0.5, 0.6) is 0 Å². The van der Waals surface area contributed by atoms with E-state index in [4.69, 9.17) is 5.73 Å². The van der Waals surface area contributed by atoms with Gasteiger partial charge in [0.05, 0.1) is 6.04 Å². The fourth-order valence-corrected chi connectivity index (χ4v) is 3.36. The van der Waals surface area contributed by atoms with Gasteiger partial charge in [-0.15, -0.1) is 0 Å². The largest absolute Gasteiger partial charge is 1.00 e. The van der Waals surface area contributed by atoms with Gasteiger partial charge in [0.25, 0.3) is 0 Å². The summed E-state index contributed by atoms with van der Waals surface area (Å²) in [5.41, 5.74) is 5.23. The number of hydroxylamine groups is 2. The third-order valence-corrected chi connectivity index (χ3v) is 4.05. The summed E-state index contributed by atoms with van der Waals surface area (Å²) in [6, 6.07) is -2.03. The Hall–Kier alpha value is -0.390. The van der Waals surface area contributed by atoms with Crippen LogP contribution in [-0.4, -0.2) is 53.5 Å². The van der Waals surface area contributed by atoms with Crippen LogP contribution >= 0.6 is 0 Å². The van der Waals surface area contributed by atoms with Crippen molar-refractivity contribution in [1.82, 2.24) is 9.96 Å². The summed E-state index contributed by atoms with van der Waals surface area (Å²) >= 11 is 0. The van der Waals surface area contributed by atoms with Crippen LogP contribution in [0.15, 0.2) is 0 Å². The first-order chi connectivity index (χ1) is 8.29. The molecule has 0 aromatic rings. The first-order valence-corrected chi connectivity index (χ1v) is 6.67. The minimum absolute atomic E-state index is 0. The van der Waals surface area contributed by atoms with E-state index in [1.54, 1.807) is 0 Å². The zero-order chi connectivity index (χ0) is 13.2. The van der Waals surface area contributed by atoms with E-state index in [1.165, 1.54) is 4.90 Å². The van der Waals surface area contributed by atoms with Crippen molar-refractivity contribution in [1.29, 1.82) is 0 Å². The molecule has 9 nitrogen and oxygen atoms in total. The molecule has 3 rings (SSSR count). The average molecular weight is 299 g/mol. The smallest absolute Gasteiger partial charge is 0.724 e. The molecule has 2 N–H and O–H groups in total. The van der Waals surface area contributed by atoms with E-state index in [0.717, 1.165) is 0 Å². The molecule has 1 aliphatic carbocycles. The molecule has 2 bridgehead atoms. The number of rotatable bonds is 3. The van der Waals surface area contributed by atoms with Gasteiger partial charge in [0.2, 0.25) is 16.3 Å². The van der Waals surface area contributed by atoms with Gasteiger partial charge >= 0.3 is 35.6 Å². The summed E-state index contributed by atoms with van der Waals surface area (Å²) in [7, 11) is -5.01. The van der Waals surface area contributed by atoms with Gasteiger partial charge in [-0.1, -0.05) is 0 Å². The molecule has 2 heterocycles. The number of hydrogen-bond donors (Lipinski definition) is 1. The monoisotopic (exact) mass is 299 g/mol. The second kappa shape index (κ2) is 4.57. The van der Waals surface area contributed by atoms with Crippen molar-refractivity contribution in [2.75, 3.05) is 6.54 Å². The zero-order valence-corrected chi connectivity index (χ0v) is 12.9. The number of fused-ring (bicyclic) bond motifs is 4. The number of nitrogens with two attached hydrogens (primary N) is 1. The molecule has 0 radical (unpaired) electrons. The maximum absolute atomic E-state index is 11.9. The van der Waals surface area contributed by atoms with Gasteiger partial charge in [0.15, 0.2) is 0 Å². The third kappa shape index (κ3) is 2.36. The first-order valence-electron chi connectivity index (χ1n) is 5.34. The minimum atomic E-state index is -5.01. The second-order valence-corrected chi connectivity index (χ2v) is 5.69. The van der Waals surface area contributed by atoms with E-state index in [2.05, 4.69) is 4.28 Å². The summed E-state index contributed by atoms with van der Waals surface area (Å²) < 4.78 is 35.9. The summed E-state index contributed by atoms with van der Waals surface area (Å²) in [5.74, 6) is -0.721. The van der Waals surface area contributed by atoms with Gasteiger partial charge in [0.1, 0.15) is 6.04 Å². The van der Waals surface area contributed by atoms with Crippen LogP contribution < -0.4 is 35.3 Å². The number of amides is 3. The Bertz CT molecular complexity index is 539. The van der Waals surface area contributed by atoms with Gasteiger partial charge in [0, 0.05) is 6.54 Å². The predicted octanol–water partition coefficient (Wildman–Crippen LogP) is -5.01. The number of urea groups is 1. The van der Waals surface area contributed by atoms with E-state index >= 15 is 0 Å². The van der Waals surface area contributed by atoms with Gasteiger partial charge in [-0.05, 0) is 18.3 Å². The molecule has 0 aromatic carbocycles. The van der Waals surface area contributed by atoms with Crippen molar-refractivity contribution in [3.05, 3.63) is 0 Å². The SMILES string of the molecule is NC(=O)[C@@H]1[C@@H]2C[C@@H]2[C@@H]2CN1C(=O)N2OS(=O)(=O)[O-].[Na+]. The van der Waals surface area contributed by atoms with E-state index in [1.807, 2.05) is 0 Å². The fraction of sp³-hybridized carbons (Fsp3) is 0.750. The van der Waals surface area contributed by atoms with E-state index < -0.39 is 34.4 Å². The molecule has 100 valence electrons. The Kier molecular flexibility index (Phi) is 3.61. The van der Waals surface area contributed by atoms with Crippen LogP contribution in [0.25, 0.3) is 0 Å². The van der Waals surface area contributed by atoms with Crippen LogP contribution in [0.4, 0.5) is 4.79 Å². The van der Waals surface area contributed by atoms with Crippen molar-refractivity contribution in [3.63, 3.8) is 0 Å². The molecule has 4 atom stereocenters. The molecule has 0 spiro atoms. The number of carbonyl (C=O) groups excluding carboxylic acids is 2. The second-order valence-electron chi connectivity index (χ2n) is 4.72. The molecule has 0 aromatic heterocycles. The van der Waals surface area contributed by atoms with Gasteiger partial charge in [-0.25, -0.2) is 13.2 Å². The van der Waals surface area contributed by atoms with Crippen molar-refractivity contribution in [2.45, 2.75) is 18.5 Å². The minimum Gasteiger partial charge on any atom is -0.724 e. The molecule has 3 aliphatic rings. The maximum atomic E-state index is 11.9. The quantitative estimate of drug-likeness (QED) is 0.315. The fourth-order valence-electron chi connectivity index (χ4n) is 2.99. The molecular weight excluding hydrogens is 289 g/mol. The van der Waals surface area contributed by atoms with Gasteiger partial charge in [-0.3, -0.25) is 4.79 Å². The number of primary amides is 1. The Balaban J connectivity index is 0.00000133. The molecule has 2 aliphatic heterocycles. The normalized spacial score (nSPS) is 35.7. The number of piperidine rings is 1. The van der Waals surface area contributed by atoms with Crippen molar-refractivity contribution >= 4 is 22.3 Å². The molecule has 3 fully saturated rings. The van der Waals surface area contributed by atoms with E-state index in [-0.39, 0.29) is 47.9 Å². The first kappa shape index (κ1) is 15.0. The van der Waals surface area contributed by atoms with Gasteiger partial charge < -0.3 is 15.2 Å². The summed E-state index contributed by atoms with van der Waals surface area (Å²) in [4.78, 5) is 24.3.